The molecule has 0 fully saturated rings. The average molecular weight is 295 g/mol. The van der Waals surface area contributed by atoms with Crippen LogP contribution in [0.5, 0.6) is 0 Å². The highest BCUT2D eigenvalue weighted by Gasteiger charge is 2.23. The molecule has 1 aromatic heterocycles. The first-order valence-corrected chi connectivity index (χ1v) is 7.73. The number of fused-ring (bicyclic) bond motifs is 1. The maximum absolute atomic E-state index is 12.1. The van der Waals surface area contributed by atoms with Crippen LogP contribution in [-0.4, -0.2) is 35.8 Å². The third kappa shape index (κ3) is 3.37. The first-order chi connectivity index (χ1) is 9.49. The van der Waals surface area contributed by atoms with Gasteiger partial charge in [0.15, 0.2) is 0 Å². The van der Waals surface area contributed by atoms with Crippen molar-refractivity contribution in [2.45, 2.75) is 32.9 Å². The minimum absolute atomic E-state index is 0.0265. The number of nitrogens with one attached hydrogen (secondary N) is 1. The van der Waals surface area contributed by atoms with Crippen LogP contribution in [0, 0.1) is 5.92 Å². The minimum atomic E-state index is -0.562. The summed E-state index contributed by atoms with van der Waals surface area (Å²) in [6.45, 7) is 5.16. The van der Waals surface area contributed by atoms with Gasteiger partial charge in [0, 0.05) is 18.0 Å². The molecular weight excluding hydrogens is 274 g/mol. The van der Waals surface area contributed by atoms with Crippen molar-refractivity contribution in [3.05, 3.63) is 21.9 Å². The minimum Gasteiger partial charge on any atom is -0.346 e. The van der Waals surface area contributed by atoms with Crippen LogP contribution in [-0.2, 0) is 22.6 Å². The lowest BCUT2D eigenvalue weighted by Crippen LogP contribution is -2.48. The fourth-order valence-corrected chi connectivity index (χ4v) is 3.05. The van der Waals surface area contributed by atoms with E-state index in [1.165, 1.54) is 10.4 Å². The zero-order valence-corrected chi connectivity index (χ0v) is 12.7. The van der Waals surface area contributed by atoms with Crippen molar-refractivity contribution < 1.29 is 9.59 Å². The standard InChI is InChI=1S/C14H21N3O2S/c1-9(2)13(15)14(19)16-7-12(18)17-5-3-11-10(8-17)4-6-20-11/h4,6,9,13H,3,5,7-8,15H2,1-2H3,(H,16,19)/t13-/m0/s1. The van der Waals surface area contributed by atoms with Crippen LogP contribution in [0.15, 0.2) is 11.4 Å². The predicted octanol–water partition coefficient (Wildman–Crippen LogP) is 0.732. The molecule has 20 heavy (non-hydrogen) atoms. The second-order valence-electron chi connectivity index (χ2n) is 5.42. The lowest BCUT2D eigenvalue weighted by Gasteiger charge is -2.27. The first-order valence-electron chi connectivity index (χ1n) is 6.85. The largest absolute Gasteiger partial charge is 0.346 e. The summed E-state index contributed by atoms with van der Waals surface area (Å²) in [5.41, 5.74) is 6.96. The van der Waals surface area contributed by atoms with Crippen LogP contribution in [0.4, 0.5) is 0 Å². The molecule has 2 rings (SSSR count). The number of hydrogen-bond donors (Lipinski definition) is 2. The Kier molecular flexibility index (Phi) is 4.77. The highest BCUT2D eigenvalue weighted by molar-refractivity contribution is 7.10. The molecule has 0 aromatic carbocycles. The van der Waals surface area contributed by atoms with Gasteiger partial charge in [0.2, 0.25) is 11.8 Å². The molecule has 5 nitrogen and oxygen atoms in total. The Balaban J connectivity index is 1.83. The summed E-state index contributed by atoms with van der Waals surface area (Å²) in [5, 5.41) is 4.68. The molecular formula is C14H21N3O2S. The number of nitrogens with two attached hydrogens (primary N) is 1. The van der Waals surface area contributed by atoms with Gasteiger partial charge in [-0.3, -0.25) is 9.59 Å². The van der Waals surface area contributed by atoms with Gasteiger partial charge in [0.1, 0.15) is 0 Å². The number of amides is 2. The number of thiophene rings is 1. The SMILES string of the molecule is CC(C)[C@H](N)C(=O)NCC(=O)N1CCc2sccc2C1. The van der Waals surface area contributed by atoms with E-state index in [1.54, 1.807) is 16.2 Å². The van der Waals surface area contributed by atoms with Crippen molar-refractivity contribution >= 4 is 23.2 Å². The normalized spacial score (nSPS) is 15.9. The zero-order chi connectivity index (χ0) is 14.7. The Hall–Kier alpha value is -1.40. The van der Waals surface area contributed by atoms with Gasteiger partial charge in [-0.15, -0.1) is 11.3 Å². The molecule has 0 saturated heterocycles. The van der Waals surface area contributed by atoms with Crippen molar-refractivity contribution in [1.29, 1.82) is 0 Å². The van der Waals surface area contributed by atoms with E-state index in [1.807, 2.05) is 13.8 Å². The van der Waals surface area contributed by atoms with Gasteiger partial charge in [0.05, 0.1) is 12.6 Å². The van der Waals surface area contributed by atoms with E-state index in [-0.39, 0.29) is 24.3 Å². The second-order valence-corrected chi connectivity index (χ2v) is 6.42. The molecule has 6 heteroatoms. The smallest absolute Gasteiger partial charge is 0.242 e. The highest BCUT2D eigenvalue weighted by atomic mass is 32.1. The molecule has 1 atom stereocenters. The van der Waals surface area contributed by atoms with E-state index in [4.69, 9.17) is 5.73 Å². The van der Waals surface area contributed by atoms with Crippen molar-refractivity contribution in [3.8, 4) is 0 Å². The summed E-state index contributed by atoms with van der Waals surface area (Å²) < 4.78 is 0. The summed E-state index contributed by atoms with van der Waals surface area (Å²) in [7, 11) is 0. The summed E-state index contributed by atoms with van der Waals surface area (Å²) in [6.07, 6.45) is 0.901. The van der Waals surface area contributed by atoms with Crippen LogP contribution in [0.3, 0.4) is 0 Å². The Bertz CT molecular complexity index is 498. The topological polar surface area (TPSA) is 75.4 Å². The summed E-state index contributed by atoms with van der Waals surface area (Å²) in [4.78, 5) is 27.0. The Morgan fingerprint density at radius 2 is 2.25 bits per heavy atom. The van der Waals surface area contributed by atoms with Crippen LogP contribution < -0.4 is 11.1 Å². The summed E-state index contributed by atoms with van der Waals surface area (Å²) in [6, 6.07) is 1.50. The van der Waals surface area contributed by atoms with Crippen molar-refractivity contribution in [1.82, 2.24) is 10.2 Å². The maximum Gasteiger partial charge on any atom is 0.242 e. The fraction of sp³-hybridized carbons (Fsp3) is 0.571. The second kappa shape index (κ2) is 6.37. The number of carbonyl (C=O) groups excluding carboxylic acids is 2. The third-order valence-electron chi connectivity index (χ3n) is 3.60. The molecule has 0 radical (unpaired) electrons. The van der Waals surface area contributed by atoms with E-state index in [2.05, 4.69) is 16.8 Å². The van der Waals surface area contributed by atoms with Crippen LogP contribution in [0.2, 0.25) is 0 Å². The van der Waals surface area contributed by atoms with E-state index in [9.17, 15) is 9.59 Å². The summed E-state index contributed by atoms with van der Waals surface area (Å²) in [5.74, 6) is -0.249. The van der Waals surface area contributed by atoms with Gasteiger partial charge in [0.25, 0.3) is 0 Å². The molecule has 1 aromatic rings. The molecule has 0 bridgehead atoms. The molecule has 1 aliphatic heterocycles. The molecule has 110 valence electrons. The third-order valence-corrected chi connectivity index (χ3v) is 4.62. The van der Waals surface area contributed by atoms with Gasteiger partial charge >= 0.3 is 0 Å². The molecule has 3 N–H and O–H groups in total. The van der Waals surface area contributed by atoms with Gasteiger partial charge in [-0.2, -0.15) is 0 Å². The number of carbonyl (C=O) groups is 2. The van der Waals surface area contributed by atoms with Gasteiger partial charge in [-0.05, 0) is 29.3 Å². The lowest BCUT2D eigenvalue weighted by atomic mass is 10.1. The molecule has 2 amide bonds. The van der Waals surface area contributed by atoms with E-state index >= 15 is 0 Å². The number of nitrogens with zero attached hydrogens (tertiary/aromatic N) is 1. The van der Waals surface area contributed by atoms with E-state index in [0.29, 0.717) is 6.54 Å². The average Bonchev–Trinajstić information content (AvgIpc) is 2.90. The first kappa shape index (κ1) is 15.0. The number of hydrogen-bond acceptors (Lipinski definition) is 4. The summed E-state index contributed by atoms with van der Waals surface area (Å²) >= 11 is 1.74. The van der Waals surface area contributed by atoms with Gasteiger partial charge in [-0.1, -0.05) is 13.8 Å². The predicted molar refractivity (Wildman–Crippen MR) is 79.3 cm³/mol. The fourth-order valence-electron chi connectivity index (χ4n) is 2.16. The zero-order valence-electron chi connectivity index (χ0n) is 11.9. The molecule has 1 aliphatic rings. The van der Waals surface area contributed by atoms with E-state index in [0.717, 1.165) is 13.0 Å². The Morgan fingerprint density at radius 3 is 2.95 bits per heavy atom. The van der Waals surface area contributed by atoms with Gasteiger partial charge in [-0.25, -0.2) is 0 Å². The van der Waals surface area contributed by atoms with Gasteiger partial charge < -0.3 is 16.0 Å². The molecule has 0 unspecified atom stereocenters. The van der Waals surface area contributed by atoms with Crippen LogP contribution >= 0.6 is 11.3 Å². The van der Waals surface area contributed by atoms with Crippen LogP contribution in [0.1, 0.15) is 24.3 Å². The molecule has 0 aliphatic carbocycles. The highest BCUT2D eigenvalue weighted by Crippen LogP contribution is 2.23. The quantitative estimate of drug-likeness (QED) is 0.860. The van der Waals surface area contributed by atoms with E-state index < -0.39 is 6.04 Å². The van der Waals surface area contributed by atoms with Crippen LogP contribution in [0.25, 0.3) is 0 Å². The van der Waals surface area contributed by atoms with Crippen molar-refractivity contribution in [2.75, 3.05) is 13.1 Å². The van der Waals surface area contributed by atoms with Crippen molar-refractivity contribution in [2.24, 2.45) is 11.7 Å². The Labute approximate surface area is 123 Å². The molecule has 0 saturated carbocycles. The molecule has 2 heterocycles. The monoisotopic (exact) mass is 295 g/mol. The Morgan fingerprint density at radius 1 is 1.50 bits per heavy atom. The lowest BCUT2D eigenvalue weighted by molar-refractivity contribution is -0.134. The van der Waals surface area contributed by atoms with Crippen molar-refractivity contribution in [3.63, 3.8) is 0 Å². The molecule has 0 spiro atoms. The maximum atomic E-state index is 12.1. The number of rotatable bonds is 4.